The Morgan fingerprint density at radius 2 is 2.07 bits per heavy atom. The molecule has 7 nitrogen and oxygen atoms in total. The summed E-state index contributed by atoms with van der Waals surface area (Å²) in [5.74, 6) is 0.597. The number of furan rings is 1. The molecular formula is C22H22N4O3. The van der Waals surface area contributed by atoms with Crippen molar-refractivity contribution in [2.24, 2.45) is 11.3 Å². The molecule has 0 bridgehead atoms. The zero-order valence-electron chi connectivity index (χ0n) is 16.0. The van der Waals surface area contributed by atoms with Crippen LogP contribution < -0.4 is 5.32 Å². The van der Waals surface area contributed by atoms with E-state index in [0.29, 0.717) is 29.5 Å². The Balaban J connectivity index is 1.14. The number of fused-ring (bicyclic) bond motifs is 1. The lowest BCUT2D eigenvalue weighted by atomic mass is 9.90. The second kappa shape index (κ2) is 6.99. The van der Waals surface area contributed by atoms with Crippen molar-refractivity contribution in [1.29, 1.82) is 0 Å². The predicted molar refractivity (Wildman–Crippen MR) is 106 cm³/mol. The van der Waals surface area contributed by atoms with Crippen molar-refractivity contribution in [3.63, 3.8) is 0 Å². The smallest absolute Gasteiger partial charge is 0.287 e. The average molecular weight is 390 g/mol. The molecule has 1 N–H and O–H groups in total. The summed E-state index contributed by atoms with van der Waals surface area (Å²) in [6, 6.07) is 8.98. The van der Waals surface area contributed by atoms with E-state index < -0.39 is 0 Å². The number of pyridine rings is 2. The minimum Gasteiger partial charge on any atom is -0.449 e. The number of hydrogen-bond acceptors (Lipinski definition) is 5. The molecule has 1 saturated heterocycles. The summed E-state index contributed by atoms with van der Waals surface area (Å²) in [5, 5.41) is 3.88. The third-order valence-electron chi connectivity index (χ3n) is 6.35. The molecule has 1 unspecified atom stereocenters. The summed E-state index contributed by atoms with van der Waals surface area (Å²) in [4.78, 5) is 35.0. The van der Waals surface area contributed by atoms with Crippen LogP contribution in [0.3, 0.4) is 0 Å². The van der Waals surface area contributed by atoms with Crippen LogP contribution in [-0.2, 0) is 0 Å². The monoisotopic (exact) mass is 390 g/mol. The molecule has 1 spiro atoms. The molecule has 3 aromatic heterocycles. The quantitative estimate of drug-likeness (QED) is 0.740. The third kappa shape index (κ3) is 3.37. The van der Waals surface area contributed by atoms with Crippen LogP contribution >= 0.6 is 0 Å². The normalized spacial score (nSPS) is 20.0. The van der Waals surface area contributed by atoms with E-state index in [1.165, 1.54) is 0 Å². The predicted octanol–water partition coefficient (Wildman–Crippen LogP) is 2.90. The molecule has 1 aliphatic carbocycles. The number of rotatable bonds is 4. The molecule has 1 aliphatic heterocycles. The molecule has 1 atom stereocenters. The summed E-state index contributed by atoms with van der Waals surface area (Å²) in [6.07, 6.45) is 7.99. The standard InChI is InChI=1S/C22H22N4O3/c27-20(18-11-15-4-8-23-14-19(15)29-18)25-13-16-12-22(16)5-9-26(10-6-22)21(28)17-3-1-2-7-24-17/h1-4,7-8,11,14,16H,5-6,9-10,12-13H2,(H,25,27). The molecule has 4 heterocycles. The molecule has 3 aromatic rings. The van der Waals surface area contributed by atoms with E-state index >= 15 is 0 Å². The maximum Gasteiger partial charge on any atom is 0.287 e. The first-order valence-electron chi connectivity index (χ1n) is 9.97. The van der Waals surface area contributed by atoms with E-state index in [9.17, 15) is 9.59 Å². The largest absolute Gasteiger partial charge is 0.449 e. The number of piperidine rings is 1. The van der Waals surface area contributed by atoms with Gasteiger partial charge >= 0.3 is 0 Å². The first-order chi connectivity index (χ1) is 14.1. The van der Waals surface area contributed by atoms with Gasteiger partial charge in [0.25, 0.3) is 11.8 Å². The number of carbonyl (C=O) groups excluding carboxylic acids is 2. The van der Waals surface area contributed by atoms with Gasteiger partial charge in [0.2, 0.25) is 0 Å². The summed E-state index contributed by atoms with van der Waals surface area (Å²) in [6.45, 7) is 2.13. The van der Waals surface area contributed by atoms with Gasteiger partial charge in [0.1, 0.15) is 5.69 Å². The topological polar surface area (TPSA) is 88.3 Å². The summed E-state index contributed by atoms with van der Waals surface area (Å²) >= 11 is 0. The van der Waals surface area contributed by atoms with E-state index in [0.717, 1.165) is 37.7 Å². The zero-order chi connectivity index (χ0) is 19.8. The molecule has 5 rings (SSSR count). The molecule has 2 aliphatic rings. The fourth-order valence-corrected chi connectivity index (χ4v) is 4.44. The first kappa shape index (κ1) is 17.8. The van der Waals surface area contributed by atoms with E-state index in [1.54, 1.807) is 30.7 Å². The number of carbonyl (C=O) groups is 2. The average Bonchev–Trinajstić information content (AvgIpc) is 3.24. The van der Waals surface area contributed by atoms with Crippen molar-refractivity contribution in [2.45, 2.75) is 19.3 Å². The zero-order valence-corrected chi connectivity index (χ0v) is 16.0. The van der Waals surface area contributed by atoms with Crippen molar-refractivity contribution < 1.29 is 14.0 Å². The number of nitrogens with one attached hydrogen (secondary N) is 1. The van der Waals surface area contributed by atoms with E-state index in [1.807, 2.05) is 23.1 Å². The SMILES string of the molecule is O=C(NCC1CC12CCN(C(=O)c1ccccn1)CC2)c1cc2ccncc2o1. The van der Waals surface area contributed by atoms with Crippen molar-refractivity contribution in [3.05, 3.63) is 60.4 Å². The minimum absolute atomic E-state index is 0.00493. The lowest BCUT2D eigenvalue weighted by Crippen LogP contribution is -2.40. The summed E-state index contributed by atoms with van der Waals surface area (Å²) in [7, 11) is 0. The number of amides is 2. The van der Waals surface area contributed by atoms with Crippen LogP contribution in [0, 0.1) is 11.3 Å². The van der Waals surface area contributed by atoms with Gasteiger partial charge in [-0.25, -0.2) is 0 Å². The van der Waals surface area contributed by atoms with E-state index in [2.05, 4.69) is 15.3 Å². The summed E-state index contributed by atoms with van der Waals surface area (Å²) < 4.78 is 5.58. The Morgan fingerprint density at radius 1 is 1.21 bits per heavy atom. The fraction of sp³-hybridized carbons (Fsp3) is 0.364. The lowest BCUT2D eigenvalue weighted by molar-refractivity contribution is 0.0663. The van der Waals surface area contributed by atoms with Gasteiger partial charge in [-0.2, -0.15) is 0 Å². The number of aromatic nitrogens is 2. The van der Waals surface area contributed by atoms with Crippen LogP contribution in [0.2, 0.25) is 0 Å². The van der Waals surface area contributed by atoms with Crippen LogP contribution in [0.5, 0.6) is 0 Å². The highest BCUT2D eigenvalue weighted by molar-refractivity contribution is 5.96. The van der Waals surface area contributed by atoms with Crippen LogP contribution in [0.15, 0.2) is 53.3 Å². The second-order valence-corrected chi connectivity index (χ2v) is 8.00. The minimum atomic E-state index is -0.189. The lowest BCUT2D eigenvalue weighted by Gasteiger charge is -2.32. The first-order valence-corrected chi connectivity index (χ1v) is 9.97. The molecule has 0 radical (unpaired) electrons. The Hall–Kier alpha value is -3.22. The van der Waals surface area contributed by atoms with Crippen LogP contribution in [-0.4, -0.2) is 46.3 Å². The molecule has 7 heteroatoms. The van der Waals surface area contributed by atoms with Crippen molar-refractivity contribution in [2.75, 3.05) is 19.6 Å². The van der Waals surface area contributed by atoms with Crippen LogP contribution in [0.1, 0.15) is 40.3 Å². The van der Waals surface area contributed by atoms with Gasteiger partial charge in [0.15, 0.2) is 11.3 Å². The molecule has 2 fully saturated rings. The summed E-state index contributed by atoms with van der Waals surface area (Å²) in [5.41, 5.74) is 1.38. The van der Waals surface area contributed by atoms with Gasteiger partial charge in [-0.05, 0) is 54.9 Å². The van der Waals surface area contributed by atoms with Gasteiger partial charge in [-0.15, -0.1) is 0 Å². The molecular weight excluding hydrogens is 368 g/mol. The van der Waals surface area contributed by atoms with Crippen molar-refractivity contribution >= 4 is 22.8 Å². The third-order valence-corrected chi connectivity index (χ3v) is 6.35. The van der Waals surface area contributed by atoms with Gasteiger partial charge in [-0.1, -0.05) is 6.07 Å². The molecule has 2 amide bonds. The van der Waals surface area contributed by atoms with Crippen molar-refractivity contribution in [3.8, 4) is 0 Å². The number of hydrogen-bond donors (Lipinski definition) is 1. The molecule has 1 saturated carbocycles. The Morgan fingerprint density at radius 3 is 2.83 bits per heavy atom. The second-order valence-electron chi connectivity index (χ2n) is 8.00. The molecule has 148 valence electrons. The molecule has 29 heavy (non-hydrogen) atoms. The van der Waals surface area contributed by atoms with E-state index in [-0.39, 0.29) is 17.2 Å². The van der Waals surface area contributed by atoms with Crippen LogP contribution in [0.25, 0.3) is 11.0 Å². The van der Waals surface area contributed by atoms with Gasteiger partial charge in [0.05, 0.1) is 6.20 Å². The number of likely N-dealkylation sites (tertiary alicyclic amines) is 1. The number of nitrogens with zero attached hydrogens (tertiary/aromatic N) is 3. The maximum atomic E-state index is 12.6. The maximum absolute atomic E-state index is 12.6. The van der Waals surface area contributed by atoms with Crippen LogP contribution in [0.4, 0.5) is 0 Å². The highest BCUT2D eigenvalue weighted by Crippen LogP contribution is 2.59. The van der Waals surface area contributed by atoms with E-state index in [4.69, 9.17) is 4.42 Å². The Kier molecular flexibility index (Phi) is 4.30. The Labute approximate surface area is 168 Å². The fourth-order valence-electron chi connectivity index (χ4n) is 4.44. The van der Waals surface area contributed by atoms with Gasteiger partial charge in [-0.3, -0.25) is 19.6 Å². The Bertz CT molecular complexity index is 1020. The van der Waals surface area contributed by atoms with Crippen molar-refractivity contribution in [1.82, 2.24) is 20.2 Å². The molecule has 0 aromatic carbocycles. The highest BCUT2D eigenvalue weighted by atomic mass is 16.3. The van der Waals surface area contributed by atoms with Gasteiger partial charge < -0.3 is 14.6 Å². The van der Waals surface area contributed by atoms with Gasteiger partial charge in [0, 0.05) is 37.4 Å². The highest BCUT2D eigenvalue weighted by Gasteiger charge is 2.54.